The van der Waals surface area contributed by atoms with Crippen LogP contribution >= 0.6 is 0 Å². The first-order chi connectivity index (χ1) is 6.56. The number of aromatic carboxylic acids is 1. The first kappa shape index (κ1) is 10.3. The molecule has 1 aromatic rings. The van der Waals surface area contributed by atoms with Gasteiger partial charge >= 0.3 is 5.97 Å². The summed E-state index contributed by atoms with van der Waals surface area (Å²) in [4.78, 5) is 14.2. The molecule has 14 heavy (non-hydrogen) atoms. The van der Waals surface area contributed by atoms with Gasteiger partial charge in [0.25, 0.3) is 0 Å². The highest BCUT2D eigenvalue weighted by Crippen LogP contribution is 2.27. The first-order valence-corrected chi connectivity index (χ1v) is 3.60. The molecule has 6 nitrogen and oxygen atoms in total. The standard InChI is InChI=1S/C8H8O6/c9-6-2-5(8(11)12)7(10)1-4(6)3-14-13/h1-2,9-10,13H,3H2,(H,11,12). The minimum atomic E-state index is -1.35. The van der Waals surface area contributed by atoms with Gasteiger partial charge in [0.15, 0.2) is 0 Å². The van der Waals surface area contributed by atoms with Crippen LogP contribution in [-0.2, 0) is 11.5 Å². The molecule has 0 amide bonds. The van der Waals surface area contributed by atoms with Crippen LogP contribution < -0.4 is 0 Å². The van der Waals surface area contributed by atoms with E-state index in [4.69, 9.17) is 10.4 Å². The molecule has 0 unspecified atom stereocenters. The second-order valence-electron chi connectivity index (χ2n) is 2.58. The first-order valence-electron chi connectivity index (χ1n) is 3.60. The zero-order valence-electron chi connectivity index (χ0n) is 6.97. The lowest BCUT2D eigenvalue weighted by Crippen LogP contribution is -1.98. The van der Waals surface area contributed by atoms with Gasteiger partial charge in [0.2, 0.25) is 0 Å². The van der Waals surface area contributed by atoms with Crippen LogP contribution in [0.5, 0.6) is 11.5 Å². The minimum Gasteiger partial charge on any atom is -0.508 e. The third kappa shape index (κ3) is 1.93. The fourth-order valence-electron chi connectivity index (χ4n) is 0.977. The average Bonchev–Trinajstić information content (AvgIpc) is 2.10. The molecule has 4 N–H and O–H groups in total. The lowest BCUT2D eigenvalue weighted by atomic mass is 10.1. The highest BCUT2D eigenvalue weighted by Gasteiger charge is 2.13. The Morgan fingerprint density at radius 1 is 1.29 bits per heavy atom. The SMILES string of the molecule is O=C(O)c1cc(O)c(COO)cc1O. The summed E-state index contributed by atoms with van der Waals surface area (Å²) in [5.74, 6) is -2.22. The van der Waals surface area contributed by atoms with Crippen molar-refractivity contribution in [1.29, 1.82) is 0 Å². The molecule has 0 fully saturated rings. The van der Waals surface area contributed by atoms with Gasteiger partial charge in [-0.15, -0.1) is 0 Å². The fraction of sp³-hybridized carbons (Fsp3) is 0.125. The second-order valence-corrected chi connectivity index (χ2v) is 2.58. The van der Waals surface area contributed by atoms with E-state index in [1.54, 1.807) is 0 Å². The van der Waals surface area contributed by atoms with Gasteiger partial charge in [0.1, 0.15) is 23.7 Å². The number of carboxylic acid groups (broad SMARTS) is 1. The summed E-state index contributed by atoms with van der Waals surface area (Å²) >= 11 is 0. The van der Waals surface area contributed by atoms with E-state index in [0.717, 1.165) is 12.1 Å². The number of hydrogen-bond acceptors (Lipinski definition) is 5. The van der Waals surface area contributed by atoms with E-state index in [-0.39, 0.29) is 17.9 Å². The second kappa shape index (κ2) is 3.95. The number of carboxylic acids is 1. The van der Waals surface area contributed by atoms with Gasteiger partial charge in [-0.2, -0.15) is 0 Å². The number of phenols is 2. The minimum absolute atomic E-state index is 0.0926. The predicted molar refractivity (Wildman–Crippen MR) is 44.1 cm³/mol. The molecule has 1 rings (SSSR count). The maximum atomic E-state index is 10.5. The Labute approximate surface area is 78.5 Å². The Hall–Kier alpha value is -1.79. The van der Waals surface area contributed by atoms with Crippen molar-refractivity contribution in [2.45, 2.75) is 6.61 Å². The highest BCUT2D eigenvalue weighted by atomic mass is 17.1. The Morgan fingerprint density at radius 3 is 2.43 bits per heavy atom. The van der Waals surface area contributed by atoms with Crippen LogP contribution in [0.4, 0.5) is 0 Å². The van der Waals surface area contributed by atoms with E-state index in [1.807, 2.05) is 0 Å². The predicted octanol–water partition coefficient (Wildman–Crippen LogP) is 0.786. The average molecular weight is 200 g/mol. The maximum absolute atomic E-state index is 10.5. The summed E-state index contributed by atoms with van der Waals surface area (Å²) in [5, 5.41) is 35.1. The lowest BCUT2D eigenvalue weighted by molar-refractivity contribution is -0.253. The Bertz CT molecular complexity index is 359. The smallest absolute Gasteiger partial charge is 0.339 e. The van der Waals surface area contributed by atoms with Crippen molar-refractivity contribution < 1.29 is 30.3 Å². The number of rotatable bonds is 3. The van der Waals surface area contributed by atoms with Crippen molar-refractivity contribution in [3.8, 4) is 11.5 Å². The Balaban J connectivity index is 3.17. The number of phenolic OH excluding ortho intramolecular Hbond substituents is 1. The van der Waals surface area contributed by atoms with E-state index in [0.29, 0.717) is 0 Å². The number of carbonyl (C=O) groups is 1. The van der Waals surface area contributed by atoms with Crippen molar-refractivity contribution in [3.05, 3.63) is 23.3 Å². The molecule has 76 valence electrons. The molecule has 0 aromatic heterocycles. The van der Waals surface area contributed by atoms with Crippen LogP contribution in [0.1, 0.15) is 15.9 Å². The van der Waals surface area contributed by atoms with Gasteiger partial charge in [0.05, 0.1) is 0 Å². The molecule has 6 heteroatoms. The van der Waals surface area contributed by atoms with Gasteiger partial charge in [0, 0.05) is 5.56 Å². The van der Waals surface area contributed by atoms with Crippen molar-refractivity contribution in [1.82, 2.24) is 0 Å². The van der Waals surface area contributed by atoms with E-state index in [2.05, 4.69) is 4.89 Å². The third-order valence-electron chi connectivity index (χ3n) is 1.65. The van der Waals surface area contributed by atoms with Crippen LogP contribution in [0, 0.1) is 0 Å². The van der Waals surface area contributed by atoms with Crippen LogP contribution in [0.3, 0.4) is 0 Å². The van der Waals surface area contributed by atoms with Gasteiger partial charge < -0.3 is 15.3 Å². The molecule has 0 atom stereocenters. The van der Waals surface area contributed by atoms with Crippen LogP contribution in [0.15, 0.2) is 12.1 Å². The van der Waals surface area contributed by atoms with Gasteiger partial charge in [-0.1, -0.05) is 0 Å². The number of hydrogen-bond donors (Lipinski definition) is 4. The number of aromatic hydroxyl groups is 2. The molecule has 0 aliphatic rings. The van der Waals surface area contributed by atoms with Crippen molar-refractivity contribution in [2.75, 3.05) is 0 Å². The Morgan fingerprint density at radius 2 is 1.93 bits per heavy atom. The quantitative estimate of drug-likeness (QED) is 0.326. The number of benzene rings is 1. The molecular weight excluding hydrogens is 192 g/mol. The van der Waals surface area contributed by atoms with Crippen LogP contribution in [0.25, 0.3) is 0 Å². The zero-order chi connectivity index (χ0) is 10.7. The van der Waals surface area contributed by atoms with Gasteiger partial charge in [-0.05, 0) is 12.1 Å². The zero-order valence-corrected chi connectivity index (χ0v) is 6.97. The molecule has 0 bridgehead atoms. The molecule has 0 aliphatic carbocycles. The summed E-state index contributed by atoms with van der Waals surface area (Å²) in [6, 6.07) is 1.89. The van der Waals surface area contributed by atoms with E-state index in [1.165, 1.54) is 0 Å². The topological polar surface area (TPSA) is 107 Å². The molecule has 0 saturated carbocycles. The monoisotopic (exact) mass is 200 g/mol. The molecule has 0 radical (unpaired) electrons. The molecule has 0 aliphatic heterocycles. The molecule has 0 saturated heterocycles. The Kier molecular flexibility index (Phi) is 2.90. The van der Waals surface area contributed by atoms with E-state index < -0.39 is 17.3 Å². The normalized spacial score (nSPS) is 10.1. The van der Waals surface area contributed by atoms with E-state index in [9.17, 15) is 15.0 Å². The summed E-state index contributed by atoms with van der Waals surface area (Å²) in [5.41, 5.74) is -0.320. The summed E-state index contributed by atoms with van der Waals surface area (Å²) in [7, 11) is 0. The molecule has 0 heterocycles. The molecule has 1 aromatic carbocycles. The maximum Gasteiger partial charge on any atom is 0.339 e. The lowest BCUT2D eigenvalue weighted by Gasteiger charge is -2.05. The summed E-state index contributed by atoms with van der Waals surface area (Å²) in [6.45, 7) is -0.334. The van der Waals surface area contributed by atoms with Crippen molar-refractivity contribution in [3.63, 3.8) is 0 Å². The molecule has 0 spiro atoms. The van der Waals surface area contributed by atoms with Crippen LogP contribution in [-0.4, -0.2) is 26.5 Å². The largest absolute Gasteiger partial charge is 0.508 e. The fourth-order valence-corrected chi connectivity index (χ4v) is 0.977. The van der Waals surface area contributed by atoms with Crippen molar-refractivity contribution in [2.24, 2.45) is 0 Å². The van der Waals surface area contributed by atoms with Gasteiger partial charge in [-0.3, -0.25) is 5.26 Å². The highest BCUT2D eigenvalue weighted by molar-refractivity contribution is 5.91. The van der Waals surface area contributed by atoms with Crippen molar-refractivity contribution >= 4 is 5.97 Å². The molecular formula is C8H8O6. The van der Waals surface area contributed by atoms with E-state index >= 15 is 0 Å². The van der Waals surface area contributed by atoms with Gasteiger partial charge in [-0.25, -0.2) is 9.68 Å². The third-order valence-corrected chi connectivity index (χ3v) is 1.65. The summed E-state index contributed by atoms with van der Waals surface area (Å²) in [6.07, 6.45) is 0. The summed E-state index contributed by atoms with van der Waals surface area (Å²) < 4.78 is 0. The van der Waals surface area contributed by atoms with Crippen LogP contribution in [0.2, 0.25) is 0 Å².